The van der Waals surface area contributed by atoms with Crippen LogP contribution in [0.15, 0.2) is 18.2 Å². The molecule has 0 spiro atoms. The van der Waals surface area contributed by atoms with Crippen LogP contribution < -0.4 is 9.47 Å². The summed E-state index contributed by atoms with van der Waals surface area (Å²) < 4.78 is 10.7. The van der Waals surface area contributed by atoms with Crippen LogP contribution in [0.1, 0.15) is 5.56 Å². The second kappa shape index (κ2) is 7.21. The maximum atomic E-state index is 8.76. The number of hydrogen-bond acceptors (Lipinski definition) is 3. The highest BCUT2D eigenvalue weighted by atomic mass is 35.5. The van der Waals surface area contributed by atoms with Crippen molar-refractivity contribution < 1.29 is 9.47 Å². The zero-order chi connectivity index (χ0) is 11.8. The summed E-state index contributed by atoms with van der Waals surface area (Å²) in [6.45, 7) is 0.762. The van der Waals surface area contributed by atoms with Crippen molar-refractivity contribution >= 4 is 23.2 Å². The van der Waals surface area contributed by atoms with E-state index in [1.165, 1.54) is 0 Å². The van der Waals surface area contributed by atoms with Crippen LogP contribution in [0.4, 0.5) is 0 Å². The van der Waals surface area contributed by atoms with Crippen molar-refractivity contribution in [1.82, 2.24) is 0 Å². The lowest BCUT2D eigenvalue weighted by molar-refractivity contribution is 0.290. The van der Waals surface area contributed by atoms with Gasteiger partial charge in [0.25, 0.3) is 0 Å². The van der Waals surface area contributed by atoms with Gasteiger partial charge in [0.2, 0.25) is 0 Å². The predicted octanol–water partition coefficient (Wildman–Crippen LogP) is 2.79. The van der Waals surface area contributed by atoms with Crippen LogP contribution in [-0.4, -0.2) is 25.0 Å². The smallest absolute Gasteiger partial charge is 0.162 e. The molecule has 0 aliphatic rings. The lowest BCUT2D eigenvalue weighted by atomic mass is 10.2. The van der Waals surface area contributed by atoms with E-state index in [9.17, 15) is 0 Å². The molecule has 3 nitrogen and oxygen atoms in total. The van der Waals surface area contributed by atoms with Crippen LogP contribution in [0, 0.1) is 11.3 Å². The normalized spacial score (nSPS) is 9.56. The van der Waals surface area contributed by atoms with Crippen LogP contribution in [-0.2, 0) is 0 Å². The van der Waals surface area contributed by atoms with E-state index in [4.69, 9.17) is 37.9 Å². The molecule has 0 heterocycles. The number of nitriles is 1. The molecule has 0 aliphatic carbocycles. The summed E-state index contributed by atoms with van der Waals surface area (Å²) in [5.41, 5.74) is 0.516. The molecular weight excluding hydrogens is 249 g/mol. The summed E-state index contributed by atoms with van der Waals surface area (Å²) in [6, 6.07) is 7.01. The molecule has 0 unspecified atom stereocenters. The Morgan fingerprint density at radius 3 is 2.25 bits per heavy atom. The average molecular weight is 260 g/mol. The fraction of sp³-hybridized carbons (Fsp3) is 0.364. The van der Waals surface area contributed by atoms with E-state index in [-0.39, 0.29) is 0 Å². The second-order valence-corrected chi connectivity index (χ2v) is 3.60. The van der Waals surface area contributed by atoms with Crippen molar-refractivity contribution in [3.05, 3.63) is 23.8 Å². The van der Waals surface area contributed by atoms with Gasteiger partial charge in [-0.2, -0.15) is 5.26 Å². The van der Waals surface area contributed by atoms with Gasteiger partial charge < -0.3 is 9.47 Å². The maximum absolute atomic E-state index is 8.76. The molecule has 0 saturated heterocycles. The minimum atomic E-state index is 0.369. The molecule has 16 heavy (non-hydrogen) atoms. The summed E-state index contributed by atoms with van der Waals surface area (Å²) >= 11 is 11.1. The lowest BCUT2D eigenvalue weighted by Crippen LogP contribution is -2.03. The van der Waals surface area contributed by atoms with E-state index in [0.717, 1.165) is 0 Å². The Hall–Kier alpha value is -1.11. The first-order chi connectivity index (χ1) is 7.81. The van der Waals surface area contributed by atoms with Crippen molar-refractivity contribution in [2.75, 3.05) is 25.0 Å². The molecule has 0 aromatic heterocycles. The summed E-state index contributed by atoms with van der Waals surface area (Å²) in [5.74, 6) is 1.87. The van der Waals surface area contributed by atoms with Gasteiger partial charge in [-0.3, -0.25) is 0 Å². The fourth-order valence-electron chi connectivity index (χ4n) is 1.11. The molecular formula is C11H11Cl2NO2. The van der Waals surface area contributed by atoms with E-state index >= 15 is 0 Å². The average Bonchev–Trinajstić information content (AvgIpc) is 2.34. The molecule has 0 radical (unpaired) electrons. The Balaban J connectivity index is 2.83. The second-order valence-electron chi connectivity index (χ2n) is 2.85. The third-order valence-electron chi connectivity index (χ3n) is 1.74. The standard InChI is InChI=1S/C11H11Cl2NO2/c12-3-5-15-10-2-1-9(8-14)7-11(10)16-6-4-13/h1-2,7H,3-6H2. The molecule has 0 atom stereocenters. The molecule has 0 amide bonds. The first-order valence-corrected chi connectivity index (χ1v) is 5.80. The predicted molar refractivity (Wildman–Crippen MR) is 63.6 cm³/mol. The van der Waals surface area contributed by atoms with Crippen molar-refractivity contribution in [3.8, 4) is 17.6 Å². The molecule has 5 heteroatoms. The van der Waals surface area contributed by atoms with Crippen LogP contribution in [0.25, 0.3) is 0 Å². The maximum Gasteiger partial charge on any atom is 0.162 e. The number of nitrogens with zero attached hydrogens (tertiary/aromatic N) is 1. The molecule has 1 aromatic rings. The van der Waals surface area contributed by atoms with Crippen molar-refractivity contribution in [1.29, 1.82) is 5.26 Å². The Morgan fingerprint density at radius 1 is 1.06 bits per heavy atom. The van der Waals surface area contributed by atoms with Crippen LogP contribution in [0.5, 0.6) is 11.5 Å². The summed E-state index contributed by atoms with van der Waals surface area (Å²) in [4.78, 5) is 0. The number of ether oxygens (including phenoxy) is 2. The largest absolute Gasteiger partial charge is 0.488 e. The zero-order valence-electron chi connectivity index (χ0n) is 8.58. The van der Waals surface area contributed by atoms with Gasteiger partial charge in [0.05, 0.1) is 23.4 Å². The highest BCUT2D eigenvalue weighted by molar-refractivity contribution is 6.18. The SMILES string of the molecule is N#Cc1ccc(OCCCl)c(OCCCl)c1. The monoisotopic (exact) mass is 259 g/mol. The van der Waals surface area contributed by atoms with Crippen LogP contribution >= 0.6 is 23.2 Å². The quantitative estimate of drug-likeness (QED) is 0.738. The van der Waals surface area contributed by atoms with Gasteiger partial charge in [-0.15, -0.1) is 23.2 Å². The molecule has 0 aliphatic heterocycles. The number of benzene rings is 1. The van der Waals surface area contributed by atoms with Gasteiger partial charge in [-0.05, 0) is 12.1 Å². The molecule has 0 N–H and O–H groups in total. The Labute approximate surface area is 104 Å². The summed E-state index contributed by atoms with van der Waals surface area (Å²) in [5, 5.41) is 8.76. The molecule has 86 valence electrons. The van der Waals surface area contributed by atoms with E-state index < -0.39 is 0 Å². The molecule has 1 rings (SSSR count). The van der Waals surface area contributed by atoms with Crippen molar-refractivity contribution in [2.24, 2.45) is 0 Å². The third kappa shape index (κ3) is 3.80. The topological polar surface area (TPSA) is 42.2 Å². The van der Waals surface area contributed by atoms with Gasteiger partial charge in [0.15, 0.2) is 11.5 Å². The zero-order valence-corrected chi connectivity index (χ0v) is 10.1. The number of halogens is 2. The van der Waals surface area contributed by atoms with Gasteiger partial charge >= 0.3 is 0 Å². The highest BCUT2D eigenvalue weighted by Gasteiger charge is 2.06. The van der Waals surface area contributed by atoms with Gasteiger partial charge in [-0.1, -0.05) is 0 Å². The van der Waals surface area contributed by atoms with Gasteiger partial charge in [0, 0.05) is 6.07 Å². The molecule has 0 fully saturated rings. The molecule has 1 aromatic carbocycles. The Kier molecular flexibility index (Phi) is 5.84. The molecule has 0 saturated carbocycles. The van der Waals surface area contributed by atoms with Gasteiger partial charge in [0.1, 0.15) is 13.2 Å². The number of hydrogen-bond donors (Lipinski definition) is 0. The fourth-order valence-corrected chi connectivity index (χ4v) is 1.26. The van der Waals surface area contributed by atoms with Crippen LogP contribution in [0.3, 0.4) is 0 Å². The first kappa shape index (κ1) is 13.0. The minimum Gasteiger partial charge on any atom is -0.488 e. The molecule has 0 bridgehead atoms. The van der Waals surface area contributed by atoms with Crippen molar-refractivity contribution in [2.45, 2.75) is 0 Å². The van der Waals surface area contributed by atoms with E-state index in [1.807, 2.05) is 6.07 Å². The third-order valence-corrected chi connectivity index (χ3v) is 2.05. The van der Waals surface area contributed by atoms with Gasteiger partial charge in [-0.25, -0.2) is 0 Å². The first-order valence-electron chi connectivity index (χ1n) is 4.73. The Morgan fingerprint density at radius 2 is 1.69 bits per heavy atom. The Bertz CT molecular complexity index is 377. The summed E-state index contributed by atoms with van der Waals surface area (Å²) in [6.07, 6.45) is 0. The number of rotatable bonds is 6. The minimum absolute atomic E-state index is 0.369. The van der Waals surface area contributed by atoms with E-state index in [1.54, 1.807) is 18.2 Å². The van der Waals surface area contributed by atoms with Crippen LogP contribution in [0.2, 0.25) is 0 Å². The van der Waals surface area contributed by atoms with Crippen molar-refractivity contribution in [3.63, 3.8) is 0 Å². The number of alkyl halides is 2. The highest BCUT2D eigenvalue weighted by Crippen LogP contribution is 2.28. The van der Waals surface area contributed by atoms with E-state index in [0.29, 0.717) is 42.0 Å². The van der Waals surface area contributed by atoms with E-state index in [2.05, 4.69) is 0 Å². The lowest BCUT2D eigenvalue weighted by Gasteiger charge is -2.11. The summed E-state index contributed by atoms with van der Waals surface area (Å²) in [7, 11) is 0.